The van der Waals surface area contributed by atoms with E-state index in [1.54, 1.807) is 0 Å². The molecule has 0 spiro atoms. The molecule has 1 aromatic heterocycles. The molecule has 19 heavy (non-hydrogen) atoms. The molecule has 3 nitrogen and oxygen atoms in total. The van der Waals surface area contributed by atoms with Gasteiger partial charge in [0.05, 0.1) is 5.02 Å². The number of aromatic nitrogens is 1. The van der Waals surface area contributed by atoms with Gasteiger partial charge in [0.2, 0.25) is 0 Å². The van der Waals surface area contributed by atoms with Crippen LogP contribution in [0.2, 0.25) is 5.02 Å². The Kier molecular flexibility index (Phi) is 5.46. The van der Waals surface area contributed by atoms with Crippen molar-refractivity contribution in [3.63, 3.8) is 0 Å². The second-order valence-corrected chi connectivity index (χ2v) is 5.87. The van der Waals surface area contributed by atoms with Crippen LogP contribution in [-0.4, -0.2) is 25.1 Å². The van der Waals surface area contributed by atoms with Crippen molar-refractivity contribution in [2.75, 3.05) is 25.0 Å². The molecule has 1 heterocycles. The molecule has 0 amide bonds. The third kappa shape index (κ3) is 4.08. The van der Waals surface area contributed by atoms with Crippen LogP contribution in [0.4, 0.5) is 5.82 Å². The maximum absolute atomic E-state index is 6.36. The van der Waals surface area contributed by atoms with E-state index in [1.165, 1.54) is 25.7 Å². The van der Waals surface area contributed by atoms with E-state index in [0.29, 0.717) is 0 Å². The summed E-state index contributed by atoms with van der Waals surface area (Å²) in [6, 6.07) is 2.03. The number of nitrogens with zero attached hydrogens (tertiary/aromatic N) is 2. The molecule has 2 rings (SSSR count). The van der Waals surface area contributed by atoms with E-state index < -0.39 is 0 Å². The molecule has 0 saturated heterocycles. The van der Waals surface area contributed by atoms with Gasteiger partial charge in [-0.3, -0.25) is 0 Å². The van der Waals surface area contributed by atoms with Crippen LogP contribution in [0.15, 0.2) is 12.3 Å². The van der Waals surface area contributed by atoms with Crippen LogP contribution in [0, 0.1) is 5.92 Å². The highest BCUT2D eigenvalue weighted by Crippen LogP contribution is 2.29. The fraction of sp³-hybridized carbons (Fsp3) is 0.667. The first-order chi connectivity index (χ1) is 9.20. The largest absolute Gasteiger partial charge is 0.358 e. The van der Waals surface area contributed by atoms with Crippen molar-refractivity contribution in [1.29, 1.82) is 0 Å². The summed E-state index contributed by atoms with van der Waals surface area (Å²) < 4.78 is 0. The highest BCUT2D eigenvalue weighted by atomic mass is 35.5. The van der Waals surface area contributed by atoms with Crippen molar-refractivity contribution in [1.82, 2.24) is 10.3 Å². The topological polar surface area (TPSA) is 28.2 Å². The summed E-state index contributed by atoms with van der Waals surface area (Å²) in [6.07, 6.45) is 7.37. The van der Waals surface area contributed by atoms with E-state index >= 15 is 0 Å². The normalized spacial score (nSPS) is 15.9. The number of pyridine rings is 1. The Morgan fingerprint density at radius 2 is 2.16 bits per heavy atom. The molecule has 1 N–H and O–H groups in total. The summed E-state index contributed by atoms with van der Waals surface area (Å²) >= 11 is 6.36. The average molecular weight is 282 g/mol. The van der Waals surface area contributed by atoms with Crippen molar-refractivity contribution in [2.24, 2.45) is 5.92 Å². The molecule has 1 aliphatic carbocycles. The number of hydrogen-bond donors (Lipinski definition) is 1. The lowest BCUT2D eigenvalue weighted by Crippen LogP contribution is -2.25. The van der Waals surface area contributed by atoms with Crippen molar-refractivity contribution in [2.45, 2.75) is 39.2 Å². The third-order valence-electron chi connectivity index (χ3n) is 3.83. The standard InChI is InChI=1S/C15H24ClN3/c1-3-17-9-13-8-14(16)15(18-10-13)19(2)11-12-6-4-5-7-12/h8,10,12,17H,3-7,9,11H2,1-2H3. The second kappa shape index (κ2) is 7.11. The Morgan fingerprint density at radius 3 is 2.79 bits per heavy atom. The number of nitrogens with one attached hydrogen (secondary N) is 1. The van der Waals surface area contributed by atoms with E-state index in [4.69, 9.17) is 11.6 Å². The summed E-state index contributed by atoms with van der Waals surface area (Å²) in [7, 11) is 2.09. The van der Waals surface area contributed by atoms with Gasteiger partial charge in [-0.25, -0.2) is 4.98 Å². The van der Waals surface area contributed by atoms with Gasteiger partial charge in [-0.15, -0.1) is 0 Å². The van der Waals surface area contributed by atoms with E-state index in [0.717, 1.165) is 42.0 Å². The summed E-state index contributed by atoms with van der Waals surface area (Å²) in [4.78, 5) is 6.73. The first kappa shape index (κ1) is 14.6. The molecule has 0 unspecified atom stereocenters. The summed E-state index contributed by atoms with van der Waals surface area (Å²) in [5.41, 5.74) is 1.14. The second-order valence-electron chi connectivity index (χ2n) is 5.46. The average Bonchev–Trinajstić information content (AvgIpc) is 2.89. The predicted molar refractivity (Wildman–Crippen MR) is 81.9 cm³/mol. The Labute approximate surface area is 121 Å². The van der Waals surface area contributed by atoms with Crippen LogP contribution in [-0.2, 0) is 6.54 Å². The number of hydrogen-bond acceptors (Lipinski definition) is 3. The van der Waals surface area contributed by atoms with Crippen LogP contribution in [0.3, 0.4) is 0 Å². The first-order valence-electron chi connectivity index (χ1n) is 7.27. The van der Waals surface area contributed by atoms with Gasteiger partial charge in [-0.05, 0) is 36.9 Å². The molecule has 0 atom stereocenters. The zero-order chi connectivity index (χ0) is 13.7. The molecule has 1 fully saturated rings. The van der Waals surface area contributed by atoms with E-state index in [9.17, 15) is 0 Å². The minimum absolute atomic E-state index is 0.760. The van der Waals surface area contributed by atoms with E-state index in [1.807, 2.05) is 12.3 Å². The van der Waals surface area contributed by atoms with E-state index in [-0.39, 0.29) is 0 Å². The molecule has 106 valence electrons. The highest BCUT2D eigenvalue weighted by molar-refractivity contribution is 6.33. The third-order valence-corrected chi connectivity index (χ3v) is 4.10. The molecule has 1 saturated carbocycles. The van der Waals surface area contributed by atoms with Crippen LogP contribution >= 0.6 is 11.6 Å². The molecule has 0 radical (unpaired) electrons. The van der Waals surface area contributed by atoms with Crippen LogP contribution < -0.4 is 10.2 Å². The van der Waals surface area contributed by atoms with Crippen molar-refractivity contribution >= 4 is 17.4 Å². The predicted octanol–water partition coefficient (Wildman–Crippen LogP) is 3.47. The Bertz CT molecular complexity index is 402. The van der Waals surface area contributed by atoms with Crippen molar-refractivity contribution in [3.05, 3.63) is 22.8 Å². The van der Waals surface area contributed by atoms with Gasteiger partial charge in [0.1, 0.15) is 5.82 Å². The number of anilines is 1. The zero-order valence-corrected chi connectivity index (χ0v) is 12.7. The highest BCUT2D eigenvalue weighted by Gasteiger charge is 2.18. The molecule has 4 heteroatoms. The maximum atomic E-state index is 6.36. The summed E-state index contributed by atoms with van der Waals surface area (Å²) in [5, 5.41) is 4.05. The first-order valence-corrected chi connectivity index (χ1v) is 7.64. The fourth-order valence-corrected chi connectivity index (χ4v) is 3.12. The van der Waals surface area contributed by atoms with Crippen molar-refractivity contribution in [3.8, 4) is 0 Å². The molecule has 0 aromatic carbocycles. The van der Waals surface area contributed by atoms with Gasteiger partial charge in [-0.2, -0.15) is 0 Å². The van der Waals surface area contributed by atoms with Crippen LogP contribution in [0.1, 0.15) is 38.2 Å². The molecule has 0 bridgehead atoms. The lowest BCUT2D eigenvalue weighted by atomic mass is 10.1. The van der Waals surface area contributed by atoms with Crippen LogP contribution in [0.5, 0.6) is 0 Å². The fourth-order valence-electron chi connectivity index (χ4n) is 2.78. The van der Waals surface area contributed by atoms with Gasteiger partial charge >= 0.3 is 0 Å². The monoisotopic (exact) mass is 281 g/mol. The van der Waals surface area contributed by atoms with E-state index in [2.05, 4.69) is 29.2 Å². The van der Waals surface area contributed by atoms with Gasteiger partial charge in [-0.1, -0.05) is 31.4 Å². The maximum Gasteiger partial charge on any atom is 0.147 e. The molecule has 1 aromatic rings. The minimum atomic E-state index is 0.760. The summed E-state index contributed by atoms with van der Waals surface area (Å²) in [6.45, 7) is 4.95. The molecular formula is C15H24ClN3. The van der Waals surface area contributed by atoms with Crippen LogP contribution in [0.25, 0.3) is 0 Å². The zero-order valence-electron chi connectivity index (χ0n) is 12.0. The Balaban J connectivity index is 1.98. The van der Waals surface area contributed by atoms with Crippen molar-refractivity contribution < 1.29 is 0 Å². The van der Waals surface area contributed by atoms with Gasteiger partial charge in [0.25, 0.3) is 0 Å². The summed E-state index contributed by atoms with van der Waals surface area (Å²) in [5.74, 6) is 1.72. The Hall–Kier alpha value is -0.800. The quantitative estimate of drug-likeness (QED) is 0.865. The SMILES string of the molecule is CCNCc1cnc(N(C)CC2CCCC2)c(Cl)c1. The molecular weight excluding hydrogens is 258 g/mol. The molecule has 0 aliphatic heterocycles. The van der Waals surface area contributed by atoms with Gasteiger partial charge in [0, 0.05) is 26.3 Å². The number of halogens is 1. The lowest BCUT2D eigenvalue weighted by molar-refractivity contribution is 0.545. The van der Waals surface area contributed by atoms with Gasteiger partial charge in [0.15, 0.2) is 0 Å². The smallest absolute Gasteiger partial charge is 0.147 e. The van der Waals surface area contributed by atoms with Gasteiger partial charge < -0.3 is 10.2 Å². The Morgan fingerprint density at radius 1 is 1.42 bits per heavy atom. The number of rotatable bonds is 6. The lowest BCUT2D eigenvalue weighted by Gasteiger charge is -2.23. The molecule has 1 aliphatic rings. The minimum Gasteiger partial charge on any atom is -0.358 e.